The maximum Gasteiger partial charge on any atom is 0.0702 e. The Kier molecular flexibility index (Phi) is 3.56. The molecule has 3 heterocycles. The maximum absolute atomic E-state index is 7.63. The zero-order chi connectivity index (χ0) is 25.3. The van der Waals surface area contributed by atoms with Crippen molar-refractivity contribution in [3.05, 3.63) is 102 Å². The summed E-state index contributed by atoms with van der Waals surface area (Å²) in [6.07, 6.45) is 1.45. The average Bonchev–Trinajstić information content (AvgIpc) is 3.26. The first-order chi connectivity index (χ1) is 17.9. The minimum atomic E-state index is -2.16. The number of benzene rings is 4. The predicted molar refractivity (Wildman–Crippen MR) is 146 cm³/mol. The third kappa shape index (κ3) is 2.91. The zero-order valence-corrected chi connectivity index (χ0v) is 19.3. The Morgan fingerprint density at radius 3 is 2.41 bits per heavy atom. The van der Waals surface area contributed by atoms with Gasteiger partial charge >= 0.3 is 0 Å². The summed E-state index contributed by atoms with van der Waals surface area (Å²) in [6.45, 7) is 0.0281. The Morgan fingerprint density at radius 1 is 0.735 bits per heavy atom. The lowest BCUT2D eigenvalue weighted by Crippen LogP contribution is -2.02. The van der Waals surface area contributed by atoms with E-state index in [9.17, 15) is 0 Å². The number of pyridine rings is 1. The molecule has 6 aromatic rings. The molecule has 0 amide bonds. The van der Waals surface area contributed by atoms with Crippen molar-refractivity contribution in [3.8, 4) is 33.5 Å². The Morgan fingerprint density at radius 2 is 1.59 bits per heavy atom. The van der Waals surface area contributed by atoms with Crippen LogP contribution in [0, 0.1) is 13.8 Å². The summed E-state index contributed by atoms with van der Waals surface area (Å²) in [6, 6.07) is 29.4. The van der Waals surface area contributed by atoms with Crippen LogP contribution in [-0.2, 0) is 0 Å². The molecule has 1 aliphatic rings. The number of fused-ring (bicyclic) bond motifs is 9. The molecule has 0 saturated carbocycles. The fourth-order valence-electron chi connectivity index (χ4n) is 5.06. The molecule has 4 aromatic carbocycles. The first kappa shape index (κ1) is 16.6. The van der Waals surface area contributed by atoms with Crippen LogP contribution in [0.25, 0.3) is 53.7 Å². The van der Waals surface area contributed by atoms with Crippen LogP contribution >= 0.6 is 11.3 Å². The number of aromatic nitrogens is 1. The summed E-state index contributed by atoms with van der Waals surface area (Å²) in [7, 11) is 0. The normalized spacial score (nSPS) is 13.7. The van der Waals surface area contributed by atoms with E-state index >= 15 is 0 Å². The highest BCUT2D eigenvalue weighted by atomic mass is 32.1. The second kappa shape index (κ2) is 7.28. The molecule has 0 fully saturated rings. The molecule has 162 valence electrons. The molecule has 3 heteroatoms. The van der Waals surface area contributed by atoms with Crippen LogP contribution in [0.1, 0.15) is 15.2 Å². The lowest BCUT2D eigenvalue weighted by molar-refractivity contribution is 1.27. The van der Waals surface area contributed by atoms with Gasteiger partial charge < -0.3 is 5.32 Å². The standard InChI is InChI=1S/C31H22N2S/c1-18-10-12-27(32-17-18)20-11-13-28-24(14-20)21-7-5-8-22(19(21)2)25-16-31-26(15-29(25)33-28)23-6-3-4-9-30(23)34-31/h3-17,33H,1-2H3/i1D3. The van der Waals surface area contributed by atoms with Gasteiger partial charge in [0.25, 0.3) is 0 Å². The summed E-state index contributed by atoms with van der Waals surface area (Å²) in [5.74, 6) is 0. The Labute approximate surface area is 206 Å². The van der Waals surface area contributed by atoms with Crippen molar-refractivity contribution in [3.63, 3.8) is 0 Å². The van der Waals surface area contributed by atoms with Crippen molar-refractivity contribution < 1.29 is 4.11 Å². The van der Waals surface area contributed by atoms with Gasteiger partial charge in [-0.05, 0) is 72.4 Å². The Balaban J connectivity index is 1.42. The SMILES string of the molecule is [2H]C([2H])([2H])c1ccc(-c2ccc3c(c2)-c2cccc(c2C)-c2cc4sc5ccccc5c4cc2N3)nc1. The summed E-state index contributed by atoms with van der Waals surface area (Å²) in [5.41, 5.74) is 9.98. The second-order valence-electron chi connectivity index (χ2n) is 8.79. The van der Waals surface area contributed by atoms with Crippen LogP contribution < -0.4 is 5.32 Å². The molecule has 0 spiro atoms. The molecule has 34 heavy (non-hydrogen) atoms. The topological polar surface area (TPSA) is 24.9 Å². The highest BCUT2D eigenvalue weighted by Crippen LogP contribution is 2.47. The van der Waals surface area contributed by atoms with E-state index in [1.165, 1.54) is 48.6 Å². The van der Waals surface area contributed by atoms with E-state index in [1.807, 2.05) is 17.4 Å². The van der Waals surface area contributed by atoms with E-state index in [2.05, 4.69) is 84.0 Å². The molecule has 0 saturated heterocycles. The minimum Gasteiger partial charge on any atom is -0.354 e. The molecule has 1 aliphatic heterocycles. The first-order valence-electron chi connectivity index (χ1n) is 12.8. The first-order valence-corrected chi connectivity index (χ1v) is 12.1. The molecule has 2 bridgehead atoms. The highest BCUT2D eigenvalue weighted by Gasteiger charge is 2.20. The molecule has 0 atom stereocenters. The molecule has 0 aliphatic carbocycles. The van der Waals surface area contributed by atoms with Gasteiger partial charge in [-0.2, -0.15) is 0 Å². The van der Waals surface area contributed by atoms with Crippen LogP contribution in [0.15, 0.2) is 91.1 Å². The Bertz CT molecular complexity index is 1850. The number of hydrogen-bond acceptors (Lipinski definition) is 3. The smallest absolute Gasteiger partial charge is 0.0702 e. The van der Waals surface area contributed by atoms with Crippen LogP contribution in [0.3, 0.4) is 0 Å². The van der Waals surface area contributed by atoms with Gasteiger partial charge in [-0.15, -0.1) is 11.3 Å². The number of rotatable bonds is 1. The van der Waals surface area contributed by atoms with Gasteiger partial charge in [0.15, 0.2) is 0 Å². The van der Waals surface area contributed by atoms with Gasteiger partial charge in [-0.3, -0.25) is 4.98 Å². The predicted octanol–water partition coefficient (Wildman–Crippen LogP) is 9.12. The van der Waals surface area contributed by atoms with Crippen LogP contribution in [0.4, 0.5) is 11.4 Å². The monoisotopic (exact) mass is 457 g/mol. The van der Waals surface area contributed by atoms with Gasteiger partial charge in [-0.25, -0.2) is 0 Å². The van der Waals surface area contributed by atoms with Gasteiger partial charge in [0.1, 0.15) is 0 Å². The molecule has 0 unspecified atom stereocenters. The quantitative estimate of drug-likeness (QED) is 0.266. The third-order valence-corrected chi connectivity index (χ3v) is 7.91. The van der Waals surface area contributed by atoms with Gasteiger partial charge in [0.2, 0.25) is 0 Å². The fraction of sp³-hybridized carbons (Fsp3) is 0.0645. The number of nitrogens with one attached hydrogen (secondary N) is 1. The average molecular weight is 458 g/mol. The van der Waals surface area contributed by atoms with Crippen molar-refractivity contribution in [2.24, 2.45) is 0 Å². The molecular formula is C31H22N2S. The van der Waals surface area contributed by atoms with Crippen LogP contribution in [-0.4, -0.2) is 4.98 Å². The number of aryl methyl sites for hydroxylation is 1. The van der Waals surface area contributed by atoms with E-state index in [1.54, 1.807) is 12.1 Å². The van der Waals surface area contributed by atoms with Crippen molar-refractivity contribution in [2.75, 3.05) is 5.32 Å². The van der Waals surface area contributed by atoms with Crippen LogP contribution in [0.5, 0.6) is 0 Å². The molecular weight excluding hydrogens is 432 g/mol. The largest absolute Gasteiger partial charge is 0.354 e. The van der Waals surface area contributed by atoms with E-state index in [4.69, 9.17) is 4.11 Å². The van der Waals surface area contributed by atoms with Gasteiger partial charge in [-0.1, -0.05) is 48.5 Å². The van der Waals surface area contributed by atoms with Crippen molar-refractivity contribution in [2.45, 2.75) is 13.8 Å². The second-order valence-corrected chi connectivity index (χ2v) is 9.87. The summed E-state index contributed by atoms with van der Waals surface area (Å²) >= 11 is 1.84. The summed E-state index contributed by atoms with van der Waals surface area (Å²) in [5, 5.41) is 6.29. The molecule has 0 radical (unpaired) electrons. The zero-order valence-electron chi connectivity index (χ0n) is 21.5. The maximum atomic E-state index is 7.63. The fourth-order valence-corrected chi connectivity index (χ4v) is 6.19. The number of anilines is 2. The van der Waals surface area contributed by atoms with Gasteiger partial charge in [0.05, 0.1) is 5.69 Å². The lowest BCUT2D eigenvalue weighted by Gasteiger charge is -2.23. The lowest BCUT2D eigenvalue weighted by atomic mass is 9.88. The minimum absolute atomic E-state index is 0.247. The third-order valence-electron chi connectivity index (χ3n) is 6.78. The highest BCUT2D eigenvalue weighted by molar-refractivity contribution is 7.25. The molecule has 1 N–H and O–H groups in total. The number of thiophene rings is 1. The van der Waals surface area contributed by atoms with Crippen molar-refractivity contribution in [1.29, 1.82) is 0 Å². The number of hydrogen-bond donors (Lipinski definition) is 1. The van der Waals surface area contributed by atoms with Crippen molar-refractivity contribution >= 4 is 42.9 Å². The van der Waals surface area contributed by atoms with E-state index in [-0.39, 0.29) is 5.56 Å². The molecule has 2 nitrogen and oxygen atoms in total. The van der Waals surface area contributed by atoms with Gasteiger partial charge in [0, 0.05) is 58.5 Å². The summed E-state index contributed by atoms with van der Waals surface area (Å²) < 4.78 is 25.5. The van der Waals surface area contributed by atoms with E-state index < -0.39 is 6.85 Å². The molecule has 2 aromatic heterocycles. The number of nitrogens with zero attached hydrogens (tertiary/aromatic N) is 1. The van der Waals surface area contributed by atoms with Crippen LogP contribution in [0.2, 0.25) is 0 Å². The summed E-state index contributed by atoms with van der Waals surface area (Å²) in [4.78, 5) is 4.47. The van der Waals surface area contributed by atoms with Crippen molar-refractivity contribution in [1.82, 2.24) is 4.98 Å². The van der Waals surface area contributed by atoms with E-state index in [0.29, 0.717) is 0 Å². The molecule has 7 rings (SSSR count). The Hall–Kier alpha value is -3.95. The van der Waals surface area contributed by atoms with E-state index in [0.717, 1.165) is 28.2 Å².